The highest BCUT2D eigenvalue weighted by Gasteiger charge is 2.13. The second-order valence-corrected chi connectivity index (χ2v) is 5.19. The lowest BCUT2D eigenvalue weighted by atomic mass is 10.1. The Morgan fingerprint density at radius 1 is 1.38 bits per heavy atom. The SMILES string of the molecule is COc1ccccc1CC(C)NC(=O)c1cc(Cl)ccn1. The van der Waals surface area contributed by atoms with Crippen molar-refractivity contribution in [2.45, 2.75) is 19.4 Å². The van der Waals surface area contributed by atoms with Gasteiger partial charge in [0.1, 0.15) is 11.4 Å². The number of carbonyl (C=O) groups is 1. The van der Waals surface area contributed by atoms with Crippen LogP contribution < -0.4 is 10.1 Å². The van der Waals surface area contributed by atoms with Crippen molar-refractivity contribution in [3.05, 3.63) is 58.9 Å². The smallest absolute Gasteiger partial charge is 0.270 e. The number of amides is 1. The molecule has 4 nitrogen and oxygen atoms in total. The molecule has 0 saturated heterocycles. The molecule has 110 valence electrons. The Labute approximate surface area is 129 Å². The molecule has 1 N–H and O–H groups in total. The molecule has 0 aliphatic carbocycles. The normalized spacial score (nSPS) is 11.8. The first-order valence-corrected chi connectivity index (χ1v) is 7.02. The molecule has 5 heteroatoms. The molecule has 1 aromatic heterocycles. The molecular formula is C16H17ClN2O2. The highest BCUT2D eigenvalue weighted by Crippen LogP contribution is 2.19. The van der Waals surface area contributed by atoms with Crippen LogP contribution in [-0.2, 0) is 6.42 Å². The van der Waals surface area contributed by atoms with Crippen molar-refractivity contribution in [3.8, 4) is 5.75 Å². The predicted molar refractivity (Wildman–Crippen MR) is 82.9 cm³/mol. The number of nitrogens with zero attached hydrogens (tertiary/aromatic N) is 1. The topological polar surface area (TPSA) is 51.2 Å². The summed E-state index contributed by atoms with van der Waals surface area (Å²) in [4.78, 5) is 16.1. The van der Waals surface area contributed by atoms with Crippen molar-refractivity contribution >= 4 is 17.5 Å². The minimum absolute atomic E-state index is 0.0467. The number of benzene rings is 1. The van der Waals surface area contributed by atoms with Crippen LogP contribution in [0.1, 0.15) is 23.0 Å². The van der Waals surface area contributed by atoms with Crippen molar-refractivity contribution in [3.63, 3.8) is 0 Å². The van der Waals surface area contributed by atoms with E-state index in [9.17, 15) is 4.79 Å². The molecule has 0 radical (unpaired) electrons. The number of rotatable bonds is 5. The molecule has 1 aromatic carbocycles. The summed E-state index contributed by atoms with van der Waals surface area (Å²) in [5, 5.41) is 3.40. The number of hydrogen-bond acceptors (Lipinski definition) is 3. The summed E-state index contributed by atoms with van der Waals surface area (Å²) >= 11 is 5.86. The number of pyridine rings is 1. The van der Waals surface area contributed by atoms with E-state index in [-0.39, 0.29) is 11.9 Å². The van der Waals surface area contributed by atoms with Gasteiger partial charge in [-0.2, -0.15) is 0 Å². The largest absolute Gasteiger partial charge is 0.496 e. The van der Waals surface area contributed by atoms with E-state index >= 15 is 0 Å². The molecule has 21 heavy (non-hydrogen) atoms. The number of methoxy groups -OCH3 is 1. The minimum atomic E-state index is -0.236. The van der Waals surface area contributed by atoms with Crippen molar-refractivity contribution in [1.29, 1.82) is 0 Å². The average molecular weight is 305 g/mol. The number of para-hydroxylation sites is 1. The van der Waals surface area contributed by atoms with Gasteiger partial charge in [0.05, 0.1) is 7.11 Å². The number of halogens is 1. The van der Waals surface area contributed by atoms with E-state index in [1.54, 1.807) is 19.2 Å². The maximum absolute atomic E-state index is 12.1. The molecule has 0 bridgehead atoms. The molecule has 1 amide bonds. The van der Waals surface area contributed by atoms with E-state index in [1.165, 1.54) is 6.20 Å². The molecule has 0 aliphatic heterocycles. The standard InChI is InChI=1S/C16H17ClN2O2/c1-11(9-12-5-3-4-6-15(12)21-2)19-16(20)14-10-13(17)7-8-18-14/h3-8,10-11H,9H2,1-2H3,(H,19,20). The summed E-state index contributed by atoms with van der Waals surface area (Å²) in [5.41, 5.74) is 1.36. The summed E-state index contributed by atoms with van der Waals surface area (Å²) in [6.45, 7) is 1.94. The monoisotopic (exact) mass is 304 g/mol. The summed E-state index contributed by atoms with van der Waals surface area (Å²) in [5.74, 6) is 0.583. The first kappa shape index (κ1) is 15.3. The van der Waals surface area contributed by atoms with Crippen molar-refractivity contribution in [1.82, 2.24) is 10.3 Å². The van der Waals surface area contributed by atoms with Crippen LogP contribution in [0.15, 0.2) is 42.6 Å². The Kier molecular flexibility index (Phi) is 5.17. The lowest BCUT2D eigenvalue weighted by Gasteiger charge is -2.15. The van der Waals surface area contributed by atoms with Gasteiger partial charge < -0.3 is 10.1 Å². The molecular weight excluding hydrogens is 288 g/mol. The van der Waals surface area contributed by atoms with Gasteiger partial charge in [-0.1, -0.05) is 29.8 Å². The van der Waals surface area contributed by atoms with Crippen molar-refractivity contribution < 1.29 is 9.53 Å². The first-order chi connectivity index (χ1) is 10.1. The Morgan fingerprint density at radius 2 is 2.14 bits per heavy atom. The lowest BCUT2D eigenvalue weighted by molar-refractivity contribution is 0.0935. The minimum Gasteiger partial charge on any atom is -0.496 e. The summed E-state index contributed by atoms with van der Waals surface area (Å²) < 4.78 is 5.31. The summed E-state index contributed by atoms with van der Waals surface area (Å²) in [7, 11) is 1.64. The van der Waals surface area contributed by atoms with Crippen molar-refractivity contribution in [2.75, 3.05) is 7.11 Å². The third kappa shape index (κ3) is 4.20. The fourth-order valence-corrected chi connectivity index (χ4v) is 2.24. The molecule has 1 heterocycles. The quantitative estimate of drug-likeness (QED) is 0.923. The van der Waals surface area contributed by atoms with E-state index < -0.39 is 0 Å². The fraction of sp³-hybridized carbons (Fsp3) is 0.250. The Morgan fingerprint density at radius 3 is 2.86 bits per heavy atom. The van der Waals surface area contributed by atoms with Gasteiger partial charge in [0, 0.05) is 17.3 Å². The lowest BCUT2D eigenvalue weighted by Crippen LogP contribution is -2.34. The molecule has 2 rings (SSSR count). The zero-order valence-corrected chi connectivity index (χ0v) is 12.7. The third-order valence-electron chi connectivity index (χ3n) is 3.05. The summed E-state index contributed by atoms with van der Waals surface area (Å²) in [6.07, 6.45) is 2.19. The number of aromatic nitrogens is 1. The first-order valence-electron chi connectivity index (χ1n) is 6.64. The number of hydrogen-bond donors (Lipinski definition) is 1. The van der Waals surface area contributed by atoms with E-state index in [0.717, 1.165) is 11.3 Å². The van der Waals surface area contributed by atoms with Crippen molar-refractivity contribution in [2.24, 2.45) is 0 Å². The second kappa shape index (κ2) is 7.09. The van der Waals surface area contributed by atoms with Gasteiger partial charge in [0.25, 0.3) is 5.91 Å². The van der Waals surface area contributed by atoms with Crippen LogP contribution in [0.25, 0.3) is 0 Å². The zero-order valence-electron chi connectivity index (χ0n) is 12.0. The highest BCUT2D eigenvalue weighted by molar-refractivity contribution is 6.30. The van der Waals surface area contributed by atoms with Gasteiger partial charge in [-0.15, -0.1) is 0 Å². The Bertz CT molecular complexity index is 631. The Hall–Kier alpha value is -2.07. The molecule has 0 saturated carbocycles. The number of ether oxygens (including phenoxy) is 1. The molecule has 1 atom stereocenters. The zero-order chi connectivity index (χ0) is 15.2. The van der Waals surface area contributed by atoms with Gasteiger partial charge in [-0.3, -0.25) is 9.78 Å². The second-order valence-electron chi connectivity index (χ2n) is 4.75. The Balaban J connectivity index is 2.01. The summed E-state index contributed by atoms with van der Waals surface area (Å²) in [6, 6.07) is 10.9. The van der Waals surface area contributed by atoms with E-state index in [1.807, 2.05) is 31.2 Å². The maximum Gasteiger partial charge on any atom is 0.270 e. The molecule has 2 aromatic rings. The van der Waals surface area contributed by atoms with Crippen LogP contribution in [0.3, 0.4) is 0 Å². The number of nitrogens with one attached hydrogen (secondary N) is 1. The van der Waals surface area contributed by atoms with E-state index in [4.69, 9.17) is 16.3 Å². The van der Waals surface area contributed by atoms with Crippen LogP contribution in [0.5, 0.6) is 5.75 Å². The molecule has 1 unspecified atom stereocenters. The van der Waals surface area contributed by atoms with E-state index in [0.29, 0.717) is 17.1 Å². The highest BCUT2D eigenvalue weighted by atomic mass is 35.5. The average Bonchev–Trinajstić information content (AvgIpc) is 2.47. The molecule has 0 aliphatic rings. The van der Waals surface area contributed by atoms with Gasteiger partial charge in [0.2, 0.25) is 0 Å². The van der Waals surface area contributed by atoms with Gasteiger partial charge >= 0.3 is 0 Å². The third-order valence-corrected chi connectivity index (χ3v) is 3.29. The molecule has 0 fully saturated rings. The van der Waals surface area contributed by atoms with Crippen LogP contribution in [0.2, 0.25) is 5.02 Å². The van der Waals surface area contributed by atoms with Crippen LogP contribution in [0, 0.1) is 0 Å². The van der Waals surface area contributed by atoms with Crippen LogP contribution >= 0.6 is 11.6 Å². The van der Waals surface area contributed by atoms with Gasteiger partial charge in [-0.05, 0) is 37.1 Å². The van der Waals surface area contributed by atoms with Crippen LogP contribution in [0.4, 0.5) is 0 Å². The number of carbonyl (C=O) groups excluding carboxylic acids is 1. The maximum atomic E-state index is 12.1. The fourth-order valence-electron chi connectivity index (χ4n) is 2.08. The molecule has 0 spiro atoms. The predicted octanol–water partition coefficient (Wildman–Crippen LogP) is 3.10. The van der Waals surface area contributed by atoms with E-state index in [2.05, 4.69) is 10.3 Å². The van der Waals surface area contributed by atoms with Crippen LogP contribution in [-0.4, -0.2) is 24.0 Å². The van der Waals surface area contributed by atoms with Gasteiger partial charge in [-0.25, -0.2) is 0 Å². The van der Waals surface area contributed by atoms with Gasteiger partial charge in [0.15, 0.2) is 0 Å².